The van der Waals surface area contributed by atoms with Gasteiger partial charge in [0.1, 0.15) is 6.04 Å². The van der Waals surface area contributed by atoms with Crippen molar-refractivity contribution in [1.82, 2.24) is 15.5 Å². The molecule has 3 N–H and O–H groups in total. The van der Waals surface area contributed by atoms with Crippen molar-refractivity contribution < 1.29 is 19.5 Å². The summed E-state index contributed by atoms with van der Waals surface area (Å²) in [6.07, 6.45) is -0.455. The molecular formula is C35H43N3O4S. The Morgan fingerprint density at radius 3 is 2.23 bits per heavy atom. The molecule has 1 fully saturated rings. The first-order valence-electron chi connectivity index (χ1n) is 14.8. The number of carbonyl (C=O) groups excluding carboxylic acids is 3. The predicted octanol–water partition coefficient (Wildman–Crippen LogP) is 4.63. The van der Waals surface area contributed by atoms with Gasteiger partial charge in [0.15, 0.2) is 6.10 Å². The van der Waals surface area contributed by atoms with Gasteiger partial charge in [0.05, 0.1) is 11.9 Å². The number of aliphatic hydroxyl groups is 1. The number of hydrogen-bond acceptors (Lipinski definition) is 5. The summed E-state index contributed by atoms with van der Waals surface area (Å²) in [6.45, 7) is 10.3. The molecule has 3 atom stereocenters. The molecule has 1 aliphatic rings. The number of aryl methyl sites for hydroxylation is 3. The minimum atomic E-state index is -1.52. The highest BCUT2D eigenvalue weighted by Crippen LogP contribution is 2.40. The van der Waals surface area contributed by atoms with Gasteiger partial charge in [0, 0.05) is 17.7 Å². The Labute approximate surface area is 259 Å². The number of thioether (sulfide) groups is 1. The lowest BCUT2D eigenvalue weighted by molar-refractivity contribution is -0.147. The van der Waals surface area contributed by atoms with Crippen LogP contribution >= 0.6 is 11.8 Å². The molecule has 0 saturated carbocycles. The first kappa shape index (κ1) is 32.3. The van der Waals surface area contributed by atoms with E-state index in [9.17, 15) is 19.5 Å². The van der Waals surface area contributed by atoms with Gasteiger partial charge in [-0.15, -0.1) is 11.8 Å². The van der Waals surface area contributed by atoms with Crippen molar-refractivity contribution in [2.24, 2.45) is 0 Å². The maximum atomic E-state index is 13.9. The molecule has 0 aromatic heterocycles. The Hall–Kier alpha value is -3.62. The zero-order valence-corrected chi connectivity index (χ0v) is 26.5. The number of amides is 3. The van der Waals surface area contributed by atoms with E-state index in [2.05, 4.69) is 10.6 Å². The van der Waals surface area contributed by atoms with Crippen LogP contribution in [0.25, 0.3) is 0 Å². The molecule has 3 aromatic rings. The number of hydrogen-bond donors (Lipinski definition) is 3. The van der Waals surface area contributed by atoms with Crippen LogP contribution in [-0.4, -0.2) is 56.5 Å². The van der Waals surface area contributed by atoms with Crippen molar-refractivity contribution in [1.29, 1.82) is 0 Å². The van der Waals surface area contributed by atoms with Crippen molar-refractivity contribution in [2.45, 2.75) is 83.4 Å². The van der Waals surface area contributed by atoms with Crippen LogP contribution in [0.5, 0.6) is 0 Å². The summed E-state index contributed by atoms with van der Waals surface area (Å²) in [5.74, 6) is -0.801. The van der Waals surface area contributed by atoms with Crippen molar-refractivity contribution in [3.05, 3.63) is 106 Å². The van der Waals surface area contributed by atoms with Crippen molar-refractivity contribution in [3.8, 4) is 0 Å². The molecule has 1 heterocycles. The van der Waals surface area contributed by atoms with E-state index < -0.39 is 28.8 Å². The summed E-state index contributed by atoms with van der Waals surface area (Å²) < 4.78 is -0.561. The highest BCUT2D eigenvalue weighted by molar-refractivity contribution is 8.00. The molecule has 43 heavy (non-hydrogen) atoms. The molecular weight excluding hydrogens is 558 g/mol. The quantitative estimate of drug-likeness (QED) is 0.298. The molecule has 0 aliphatic carbocycles. The lowest BCUT2D eigenvalue weighted by Gasteiger charge is -2.33. The molecule has 7 nitrogen and oxygen atoms in total. The van der Waals surface area contributed by atoms with E-state index in [1.165, 1.54) is 16.7 Å². The monoisotopic (exact) mass is 601 g/mol. The van der Waals surface area contributed by atoms with Gasteiger partial charge in [-0.25, -0.2) is 0 Å². The van der Waals surface area contributed by atoms with Gasteiger partial charge in [-0.3, -0.25) is 14.4 Å². The van der Waals surface area contributed by atoms with E-state index in [0.717, 1.165) is 33.4 Å². The SMILES string of the molecule is Cc1ccccc1CNC(=O)[C@H]1N(C(=O)[C@@H](O)[C@H](Cc2ccccc2)NC(=O)CCc2c(C)cccc2C)CSC1(C)C. The standard InChI is InChI=1S/C35H43N3O4S/c1-23-12-9-10-17-27(23)21-36-33(41)32-35(4,5)43-22-38(32)34(42)31(40)29(20-26-15-7-6-8-16-26)37-30(39)19-18-28-24(2)13-11-14-25(28)3/h6-17,29,31-32,40H,18-22H2,1-5H3,(H,36,41)(H,37,39)/t29-,31-,32+/m0/s1. The molecule has 3 amide bonds. The fraction of sp³-hybridized carbons (Fsp3) is 0.400. The van der Waals surface area contributed by atoms with Crippen LogP contribution in [0, 0.1) is 20.8 Å². The smallest absolute Gasteiger partial charge is 0.254 e. The van der Waals surface area contributed by atoms with E-state index in [-0.39, 0.29) is 30.5 Å². The number of carbonyl (C=O) groups is 3. The molecule has 3 aromatic carbocycles. The van der Waals surface area contributed by atoms with Crippen LogP contribution in [0.3, 0.4) is 0 Å². The number of aliphatic hydroxyl groups excluding tert-OH is 1. The Morgan fingerprint density at radius 2 is 1.56 bits per heavy atom. The minimum absolute atomic E-state index is 0.231. The molecule has 0 unspecified atom stereocenters. The topological polar surface area (TPSA) is 98.7 Å². The first-order valence-corrected chi connectivity index (χ1v) is 15.8. The number of nitrogens with one attached hydrogen (secondary N) is 2. The van der Waals surface area contributed by atoms with Gasteiger partial charge in [-0.2, -0.15) is 0 Å². The Kier molecular flexibility index (Phi) is 10.7. The van der Waals surface area contributed by atoms with E-state index >= 15 is 0 Å². The molecule has 1 saturated heterocycles. The summed E-state index contributed by atoms with van der Waals surface area (Å²) in [5, 5.41) is 17.4. The minimum Gasteiger partial charge on any atom is -0.381 e. The Bertz CT molecular complexity index is 1420. The lowest BCUT2D eigenvalue weighted by atomic mass is 9.96. The van der Waals surface area contributed by atoms with Gasteiger partial charge in [0.25, 0.3) is 5.91 Å². The summed E-state index contributed by atoms with van der Waals surface area (Å²) in [7, 11) is 0. The van der Waals surface area contributed by atoms with E-state index in [1.54, 1.807) is 0 Å². The van der Waals surface area contributed by atoms with Crippen LogP contribution in [0.2, 0.25) is 0 Å². The van der Waals surface area contributed by atoms with Crippen LogP contribution < -0.4 is 10.6 Å². The third kappa shape index (κ3) is 8.06. The van der Waals surface area contributed by atoms with E-state index in [1.807, 2.05) is 107 Å². The number of benzene rings is 3. The molecule has 0 radical (unpaired) electrons. The second-order valence-electron chi connectivity index (χ2n) is 11.9. The third-order valence-electron chi connectivity index (χ3n) is 8.32. The fourth-order valence-electron chi connectivity index (χ4n) is 5.71. The Morgan fingerprint density at radius 1 is 0.930 bits per heavy atom. The molecule has 0 bridgehead atoms. The summed E-state index contributed by atoms with van der Waals surface area (Å²) in [6, 6.07) is 21.8. The molecule has 8 heteroatoms. The predicted molar refractivity (Wildman–Crippen MR) is 173 cm³/mol. The molecule has 0 spiro atoms. The highest BCUT2D eigenvalue weighted by atomic mass is 32.2. The van der Waals surface area contributed by atoms with Gasteiger partial charge in [-0.05, 0) is 80.8 Å². The zero-order valence-electron chi connectivity index (χ0n) is 25.7. The van der Waals surface area contributed by atoms with E-state index in [0.29, 0.717) is 13.0 Å². The summed E-state index contributed by atoms with van der Waals surface area (Å²) in [4.78, 5) is 42.1. The van der Waals surface area contributed by atoms with Gasteiger partial charge in [-0.1, -0.05) is 72.8 Å². The largest absolute Gasteiger partial charge is 0.381 e. The van der Waals surface area contributed by atoms with E-state index in [4.69, 9.17) is 0 Å². The third-order valence-corrected chi connectivity index (χ3v) is 9.69. The summed E-state index contributed by atoms with van der Waals surface area (Å²) in [5.41, 5.74) is 6.35. The molecule has 228 valence electrons. The average Bonchev–Trinajstić information content (AvgIpc) is 3.30. The van der Waals surface area contributed by atoms with Crippen LogP contribution in [0.4, 0.5) is 0 Å². The van der Waals surface area contributed by atoms with Gasteiger partial charge >= 0.3 is 0 Å². The maximum absolute atomic E-state index is 13.9. The van der Waals surface area contributed by atoms with Crippen LogP contribution in [0.15, 0.2) is 72.8 Å². The van der Waals surface area contributed by atoms with Crippen molar-refractivity contribution in [3.63, 3.8) is 0 Å². The average molecular weight is 602 g/mol. The highest BCUT2D eigenvalue weighted by Gasteiger charge is 2.49. The Balaban J connectivity index is 1.49. The van der Waals surface area contributed by atoms with Crippen LogP contribution in [-0.2, 0) is 33.8 Å². The van der Waals surface area contributed by atoms with Crippen molar-refractivity contribution in [2.75, 3.05) is 5.88 Å². The van der Waals surface area contributed by atoms with Gasteiger partial charge < -0.3 is 20.6 Å². The van der Waals surface area contributed by atoms with Crippen LogP contribution in [0.1, 0.15) is 53.6 Å². The fourth-order valence-corrected chi connectivity index (χ4v) is 6.85. The number of nitrogens with zero attached hydrogens (tertiary/aromatic N) is 1. The second-order valence-corrected chi connectivity index (χ2v) is 13.5. The first-order chi connectivity index (χ1) is 20.5. The summed E-state index contributed by atoms with van der Waals surface area (Å²) >= 11 is 1.50. The second kappa shape index (κ2) is 14.2. The molecule has 4 rings (SSSR count). The van der Waals surface area contributed by atoms with Crippen molar-refractivity contribution >= 4 is 29.5 Å². The maximum Gasteiger partial charge on any atom is 0.254 e. The zero-order chi connectivity index (χ0) is 31.1. The lowest BCUT2D eigenvalue weighted by Crippen LogP contribution is -2.58. The molecule has 1 aliphatic heterocycles. The normalized spacial score (nSPS) is 17.3. The number of rotatable bonds is 11. The van der Waals surface area contributed by atoms with Gasteiger partial charge in [0.2, 0.25) is 11.8 Å².